The zero-order valence-electron chi connectivity index (χ0n) is 15.1. The van der Waals surface area contributed by atoms with Gasteiger partial charge in [-0.3, -0.25) is 0 Å². The highest BCUT2D eigenvalue weighted by Crippen LogP contribution is 2.49. The minimum Gasteiger partial charge on any atom is -0.480 e. The van der Waals surface area contributed by atoms with E-state index in [1.807, 2.05) is 6.07 Å². The molecule has 0 saturated heterocycles. The van der Waals surface area contributed by atoms with Crippen molar-refractivity contribution < 1.29 is 4.74 Å². The zero-order chi connectivity index (χ0) is 17.3. The minimum absolute atomic E-state index is 0.0542. The number of ether oxygens (including phenoxy) is 1. The van der Waals surface area contributed by atoms with Crippen molar-refractivity contribution >= 4 is 11.0 Å². The van der Waals surface area contributed by atoms with E-state index < -0.39 is 0 Å². The van der Waals surface area contributed by atoms with Gasteiger partial charge in [-0.1, -0.05) is 26.8 Å². The summed E-state index contributed by atoms with van der Waals surface area (Å²) in [7, 11) is 0. The monoisotopic (exact) mass is 321 g/mol. The first-order chi connectivity index (χ1) is 11.1. The second kappa shape index (κ2) is 4.59. The summed E-state index contributed by atoms with van der Waals surface area (Å²) in [4.78, 5) is 1.72. The lowest BCUT2D eigenvalue weighted by atomic mass is 9.81. The zero-order valence-corrected chi connectivity index (χ0v) is 15.1. The van der Waals surface area contributed by atoms with Gasteiger partial charge in [0, 0.05) is 5.56 Å². The molecule has 3 aromatic rings. The van der Waals surface area contributed by atoms with E-state index in [4.69, 9.17) is 4.74 Å². The van der Waals surface area contributed by atoms with Gasteiger partial charge in [-0.2, -0.15) is 0 Å². The van der Waals surface area contributed by atoms with Gasteiger partial charge in [0.15, 0.2) is 5.75 Å². The molecule has 1 aliphatic rings. The lowest BCUT2D eigenvalue weighted by molar-refractivity contribution is 0.0509. The summed E-state index contributed by atoms with van der Waals surface area (Å²) in [5, 5.41) is 9.33. The number of hydrogen-bond donors (Lipinski definition) is 0. The highest BCUT2D eigenvalue weighted by molar-refractivity contribution is 5.75. The van der Waals surface area contributed by atoms with Crippen LogP contribution in [0, 0.1) is 6.92 Å². The van der Waals surface area contributed by atoms with Crippen LogP contribution in [0.3, 0.4) is 0 Å². The van der Waals surface area contributed by atoms with Gasteiger partial charge in [-0.05, 0) is 61.6 Å². The fourth-order valence-corrected chi connectivity index (χ4v) is 3.15. The summed E-state index contributed by atoms with van der Waals surface area (Å²) in [6.07, 6.45) is 0. The number of rotatable bonds is 1. The second-order valence-corrected chi connectivity index (χ2v) is 8.22. The summed E-state index contributed by atoms with van der Waals surface area (Å²) >= 11 is 0. The van der Waals surface area contributed by atoms with E-state index in [9.17, 15) is 0 Å². The quantitative estimate of drug-likeness (QED) is 0.655. The first-order valence-corrected chi connectivity index (χ1v) is 8.37. The summed E-state index contributed by atoms with van der Waals surface area (Å²) in [5.74, 6) is 0.894. The average molecular weight is 321 g/mol. The Bertz CT molecular complexity index is 961. The fourth-order valence-electron chi connectivity index (χ4n) is 3.15. The Balaban J connectivity index is 1.95. The molecule has 0 spiro atoms. The molecule has 24 heavy (non-hydrogen) atoms. The maximum absolute atomic E-state index is 6.04. The van der Waals surface area contributed by atoms with Gasteiger partial charge in [0.25, 0.3) is 0 Å². The maximum atomic E-state index is 6.04. The van der Waals surface area contributed by atoms with Crippen molar-refractivity contribution in [2.24, 2.45) is 0 Å². The van der Waals surface area contributed by atoms with Crippen LogP contribution in [-0.2, 0) is 11.0 Å². The predicted molar refractivity (Wildman–Crippen MR) is 96.0 cm³/mol. The Morgan fingerprint density at radius 1 is 1.00 bits per heavy atom. The van der Waals surface area contributed by atoms with Crippen LogP contribution < -0.4 is 4.74 Å². The third kappa shape index (κ3) is 2.20. The number of aromatic nitrogens is 3. The molecule has 4 rings (SSSR count). The van der Waals surface area contributed by atoms with Crippen molar-refractivity contribution in [3.8, 4) is 11.4 Å². The van der Waals surface area contributed by atoms with Crippen molar-refractivity contribution in [1.29, 1.82) is 0 Å². The first kappa shape index (κ1) is 15.2. The van der Waals surface area contributed by atoms with Gasteiger partial charge in [-0.25, -0.2) is 0 Å². The highest BCUT2D eigenvalue weighted by atomic mass is 16.5. The molecule has 2 aromatic carbocycles. The normalized spacial score (nSPS) is 15.8. The molecule has 124 valence electrons. The van der Waals surface area contributed by atoms with E-state index in [1.54, 1.807) is 4.80 Å². The van der Waals surface area contributed by atoms with Crippen molar-refractivity contribution in [2.45, 2.75) is 52.6 Å². The molecule has 0 unspecified atom stereocenters. The van der Waals surface area contributed by atoms with E-state index in [2.05, 4.69) is 76.0 Å². The lowest BCUT2D eigenvalue weighted by Gasteiger charge is -2.41. The number of nitrogens with zero attached hydrogens (tertiary/aromatic N) is 3. The van der Waals surface area contributed by atoms with Crippen LogP contribution in [0.1, 0.15) is 51.3 Å². The van der Waals surface area contributed by atoms with E-state index >= 15 is 0 Å². The molecule has 0 bridgehead atoms. The molecule has 4 heteroatoms. The average Bonchev–Trinajstić information content (AvgIpc) is 2.87. The molecule has 0 atom stereocenters. The molecular formula is C20H23N3O. The Hall–Kier alpha value is -2.36. The largest absolute Gasteiger partial charge is 0.480 e. The van der Waals surface area contributed by atoms with E-state index in [1.165, 1.54) is 16.7 Å². The fraction of sp³-hybridized carbons (Fsp3) is 0.400. The molecular weight excluding hydrogens is 298 g/mol. The van der Waals surface area contributed by atoms with Crippen LogP contribution in [0.2, 0.25) is 0 Å². The van der Waals surface area contributed by atoms with Crippen LogP contribution in [0.4, 0.5) is 0 Å². The topological polar surface area (TPSA) is 39.9 Å². The summed E-state index contributed by atoms with van der Waals surface area (Å²) in [6, 6.07) is 10.5. The second-order valence-electron chi connectivity index (χ2n) is 8.22. The van der Waals surface area contributed by atoms with Gasteiger partial charge in [-0.15, -0.1) is 15.0 Å². The number of aryl methyl sites for hydroxylation is 1. The maximum Gasteiger partial charge on any atom is 0.155 e. The van der Waals surface area contributed by atoms with Crippen LogP contribution in [-0.4, -0.2) is 15.0 Å². The molecule has 0 N–H and O–H groups in total. The van der Waals surface area contributed by atoms with Crippen molar-refractivity contribution in [3.63, 3.8) is 0 Å². The number of hydrogen-bond acceptors (Lipinski definition) is 3. The summed E-state index contributed by atoms with van der Waals surface area (Å²) in [6.45, 7) is 12.9. The van der Waals surface area contributed by atoms with Gasteiger partial charge in [0.1, 0.15) is 22.3 Å². The highest BCUT2D eigenvalue weighted by Gasteiger charge is 2.40. The van der Waals surface area contributed by atoms with Gasteiger partial charge < -0.3 is 4.74 Å². The SMILES string of the molecule is Cc1ccc2nn(-c3cc(C(C)(C)C)cc4c3OC4(C)C)nc2c1. The smallest absolute Gasteiger partial charge is 0.155 e. The van der Waals surface area contributed by atoms with Crippen LogP contribution in [0.25, 0.3) is 16.7 Å². The van der Waals surface area contributed by atoms with Crippen LogP contribution >= 0.6 is 0 Å². The van der Waals surface area contributed by atoms with Gasteiger partial charge in [0.05, 0.1) is 0 Å². The molecule has 2 heterocycles. The Kier molecular flexibility index (Phi) is 2.91. The summed E-state index contributed by atoms with van der Waals surface area (Å²) < 4.78 is 6.04. The molecule has 4 nitrogen and oxygen atoms in total. The predicted octanol–water partition coefficient (Wildman–Crippen LogP) is 4.65. The molecule has 1 aliphatic heterocycles. The Morgan fingerprint density at radius 2 is 1.71 bits per heavy atom. The Morgan fingerprint density at radius 3 is 2.38 bits per heavy atom. The number of fused-ring (bicyclic) bond motifs is 2. The standard InChI is InChI=1S/C20H23N3O/c1-12-7-8-15-16(9-12)22-23(21-15)17-11-13(19(2,3)4)10-14-18(17)24-20(14,5)6/h7-11H,1-6H3. The molecule has 1 aromatic heterocycles. The first-order valence-electron chi connectivity index (χ1n) is 8.37. The molecule has 0 fully saturated rings. The van der Waals surface area contributed by atoms with Gasteiger partial charge in [0.2, 0.25) is 0 Å². The van der Waals surface area contributed by atoms with E-state index in [0.717, 1.165) is 22.5 Å². The molecule has 0 saturated carbocycles. The van der Waals surface area contributed by atoms with Crippen molar-refractivity contribution in [3.05, 3.63) is 47.0 Å². The third-order valence-electron chi connectivity index (χ3n) is 4.69. The Labute approximate surface area is 142 Å². The molecule has 0 amide bonds. The van der Waals surface area contributed by atoms with Crippen molar-refractivity contribution in [1.82, 2.24) is 15.0 Å². The van der Waals surface area contributed by atoms with E-state index in [0.29, 0.717) is 0 Å². The summed E-state index contributed by atoms with van der Waals surface area (Å²) in [5.41, 5.74) is 6.20. The molecule has 0 radical (unpaired) electrons. The van der Waals surface area contributed by atoms with Crippen LogP contribution in [0.5, 0.6) is 5.75 Å². The third-order valence-corrected chi connectivity index (χ3v) is 4.69. The van der Waals surface area contributed by atoms with Crippen molar-refractivity contribution in [2.75, 3.05) is 0 Å². The van der Waals surface area contributed by atoms with Crippen LogP contribution in [0.15, 0.2) is 30.3 Å². The number of benzene rings is 2. The molecule has 0 aliphatic carbocycles. The van der Waals surface area contributed by atoms with E-state index in [-0.39, 0.29) is 11.0 Å². The van der Waals surface area contributed by atoms with Gasteiger partial charge >= 0.3 is 0 Å². The lowest BCUT2D eigenvalue weighted by Crippen LogP contribution is -2.37. The minimum atomic E-state index is -0.255.